The summed E-state index contributed by atoms with van der Waals surface area (Å²) in [6.45, 7) is 2.25. The van der Waals surface area contributed by atoms with Gasteiger partial charge in [-0.1, -0.05) is 0 Å². The molecule has 1 aliphatic heterocycles. The first-order valence-electron chi connectivity index (χ1n) is 6.17. The van der Waals surface area contributed by atoms with Gasteiger partial charge in [0.2, 0.25) is 0 Å². The molecule has 0 N–H and O–H groups in total. The zero-order chi connectivity index (χ0) is 12.8. The number of benzene rings is 1. The number of hydrogen-bond donors (Lipinski definition) is 0. The van der Waals surface area contributed by atoms with Crippen molar-refractivity contribution in [3.63, 3.8) is 0 Å². The molecule has 0 saturated carbocycles. The predicted molar refractivity (Wildman–Crippen MR) is 67.4 cm³/mol. The van der Waals surface area contributed by atoms with Crippen LogP contribution in [0.1, 0.15) is 23.2 Å². The molecule has 1 aromatic rings. The third-order valence-corrected chi connectivity index (χ3v) is 3.14. The van der Waals surface area contributed by atoms with Gasteiger partial charge in [0.05, 0.1) is 13.7 Å². The molecule has 18 heavy (non-hydrogen) atoms. The average molecular weight is 250 g/mol. The van der Waals surface area contributed by atoms with Crippen LogP contribution in [0.2, 0.25) is 0 Å². The van der Waals surface area contributed by atoms with Crippen LogP contribution in [0.3, 0.4) is 0 Å². The molecule has 1 heterocycles. The summed E-state index contributed by atoms with van der Waals surface area (Å²) in [7, 11) is 1.59. The highest BCUT2D eigenvalue weighted by molar-refractivity contribution is 5.76. The van der Waals surface area contributed by atoms with E-state index in [1.807, 2.05) is 0 Å². The van der Waals surface area contributed by atoms with Gasteiger partial charge in [-0.3, -0.25) is 4.79 Å². The molecule has 1 aliphatic rings. The number of carbonyl (C=O) groups is 1. The van der Waals surface area contributed by atoms with Gasteiger partial charge in [-0.15, -0.1) is 0 Å². The molecule has 1 saturated heterocycles. The summed E-state index contributed by atoms with van der Waals surface area (Å²) in [5, 5.41) is 0. The van der Waals surface area contributed by atoms with Crippen molar-refractivity contribution in [2.45, 2.75) is 12.8 Å². The molecule has 0 aliphatic carbocycles. The van der Waals surface area contributed by atoms with Gasteiger partial charge in [-0.2, -0.15) is 0 Å². The second-order valence-electron chi connectivity index (χ2n) is 4.39. The second-order valence-corrected chi connectivity index (χ2v) is 4.39. The van der Waals surface area contributed by atoms with Crippen molar-refractivity contribution in [2.75, 3.05) is 26.9 Å². The molecule has 0 bridgehead atoms. The summed E-state index contributed by atoms with van der Waals surface area (Å²) in [5.74, 6) is 1.81. The van der Waals surface area contributed by atoms with E-state index in [4.69, 9.17) is 14.2 Å². The minimum Gasteiger partial charge on any atom is -0.493 e. The second kappa shape index (κ2) is 6.40. The molecule has 0 amide bonds. The van der Waals surface area contributed by atoms with Gasteiger partial charge in [0, 0.05) is 18.8 Å². The Morgan fingerprint density at radius 3 is 2.78 bits per heavy atom. The highest BCUT2D eigenvalue weighted by Crippen LogP contribution is 2.28. The average Bonchev–Trinajstić information content (AvgIpc) is 2.45. The Hall–Kier alpha value is -1.55. The van der Waals surface area contributed by atoms with Crippen LogP contribution < -0.4 is 9.47 Å². The Balaban J connectivity index is 1.99. The maximum absolute atomic E-state index is 10.8. The first-order chi connectivity index (χ1) is 8.83. The number of methoxy groups -OCH3 is 1. The molecule has 1 fully saturated rings. The van der Waals surface area contributed by atoms with Crippen molar-refractivity contribution >= 4 is 6.29 Å². The van der Waals surface area contributed by atoms with Crippen LogP contribution in [-0.2, 0) is 4.74 Å². The summed E-state index contributed by atoms with van der Waals surface area (Å²) < 4.78 is 16.3. The lowest BCUT2D eigenvalue weighted by Crippen LogP contribution is -2.21. The number of hydrogen-bond acceptors (Lipinski definition) is 4. The third kappa shape index (κ3) is 3.23. The van der Waals surface area contributed by atoms with Crippen LogP contribution in [0, 0.1) is 5.92 Å². The SMILES string of the molecule is COc1ccc(C=O)cc1OCC1CCOCC1. The summed E-state index contributed by atoms with van der Waals surface area (Å²) in [6, 6.07) is 5.18. The minimum atomic E-state index is 0.517. The van der Waals surface area contributed by atoms with Gasteiger partial charge >= 0.3 is 0 Å². The first-order valence-corrected chi connectivity index (χ1v) is 6.17. The van der Waals surface area contributed by atoms with Crippen LogP contribution in [0.25, 0.3) is 0 Å². The number of ether oxygens (including phenoxy) is 3. The van der Waals surface area contributed by atoms with E-state index >= 15 is 0 Å². The molecule has 0 atom stereocenters. The van der Waals surface area contributed by atoms with E-state index in [1.54, 1.807) is 25.3 Å². The number of aldehydes is 1. The molecule has 98 valence electrons. The molecular weight excluding hydrogens is 232 g/mol. The monoisotopic (exact) mass is 250 g/mol. The van der Waals surface area contributed by atoms with Crippen LogP contribution in [0.5, 0.6) is 11.5 Å². The van der Waals surface area contributed by atoms with Crippen LogP contribution in [0.4, 0.5) is 0 Å². The Labute approximate surface area is 107 Å². The van der Waals surface area contributed by atoms with Crippen molar-refractivity contribution in [1.82, 2.24) is 0 Å². The summed E-state index contributed by atoms with van der Waals surface area (Å²) in [6.07, 6.45) is 2.85. The zero-order valence-electron chi connectivity index (χ0n) is 10.6. The minimum absolute atomic E-state index is 0.517. The van der Waals surface area contributed by atoms with E-state index in [9.17, 15) is 4.79 Å². The Bertz CT molecular complexity index is 397. The van der Waals surface area contributed by atoms with Crippen molar-refractivity contribution in [1.29, 1.82) is 0 Å². The Kier molecular flexibility index (Phi) is 4.59. The Morgan fingerprint density at radius 2 is 2.11 bits per heavy atom. The maximum Gasteiger partial charge on any atom is 0.161 e. The van der Waals surface area contributed by atoms with E-state index in [1.165, 1.54) is 0 Å². The van der Waals surface area contributed by atoms with Crippen LogP contribution in [-0.4, -0.2) is 33.2 Å². The smallest absolute Gasteiger partial charge is 0.161 e. The van der Waals surface area contributed by atoms with Crippen LogP contribution >= 0.6 is 0 Å². The molecule has 0 unspecified atom stereocenters. The molecule has 2 rings (SSSR count). The topological polar surface area (TPSA) is 44.8 Å². The number of carbonyl (C=O) groups excluding carboxylic acids is 1. The van der Waals surface area contributed by atoms with Crippen molar-refractivity contribution in [3.05, 3.63) is 23.8 Å². The molecular formula is C14H18O4. The van der Waals surface area contributed by atoms with Gasteiger partial charge in [-0.25, -0.2) is 0 Å². The highest BCUT2D eigenvalue weighted by Gasteiger charge is 2.15. The van der Waals surface area contributed by atoms with E-state index < -0.39 is 0 Å². The van der Waals surface area contributed by atoms with Crippen LogP contribution in [0.15, 0.2) is 18.2 Å². The molecule has 4 heteroatoms. The normalized spacial score (nSPS) is 16.3. The van der Waals surface area contributed by atoms with E-state index in [0.29, 0.717) is 29.6 Å². The van der Waals surface area contributed by atoms with Crippen molar-refractivity contribution in [2.24, 2.45) is 5.92 Å². The summed E-state index contributed by atoms with van der Waals surface area (Å²) >= 11 is 0. The maximum atomic E-state index is 10.8. The molecule has 0 radical (unpaired) electrons. The van der Waals surface area contributed by atoms with Gasteiger partial charge in [0.1, 0.15) is 6.29 Å². The first kappa shape index (κ1) is 12.9. The fraction of sp³-hybridized carbons (Fsp3) is 0.500. The summed E-state index contributed by atoms with van der Waals surface area (Å²) in [4.78, 5) is 10.8. The predicted octanol–water partition coefficient (Wildman–Crippen LogP) is 2.31. The van der Waals surface area contributed by atoms with Gasteiger partial charge in [0.25, 0.3) is 0 Å². The van der Waals surface area contributed by atoms with Gasteiger partial charge in [0.15, 0.2) is 11.5 Å². The lowest BCUT2D eigenvalue weighted by molar-refractivity contribution is 0.0493. The fourth-order valence-electron chi connectivity index (χ4n) is 2.00. The fourth-order valence-corrected chi connectivity index (χ4v) is 2.00. The quantitative estimate of drug-likeness (QED) is 0.752. The van der Waals surface area contributed by atoms with Gasteiger partial charge in [-0.05, 0) is 37.0 Å². The third-order valence-electron chi connectivity index (χ3n) is 3.14. The molecule has 0 spiro atoms. The Morgan fingerprint density at radius 1 is 1.33 bits per heavy atom. The largest absolute Gasteiger partial charge is 0.493 e. The van der Waals surface area contributed by atoms with Crippen molar-refractivity contribution in [3.8, 4) is 11.5 Å². The number of rotatable bonds is 5. The lowest BCUT2D eigenvalue weighted by atomic mass is 10.0. The lowest BCUT2D eigenvalue weighted by Gasteiger charge is -2.22. The van der Waals surface area contributed by atoms with Gasteiger partial charge < -0.3 is 14.2 Å². The van der Waals surface area contributed by atoms with E-state index in [2.05, 4.69) is 0 Å². The van der Waals surface area contributed by atoms with E-state index in [0.717, 1.165) is 32.3 Å². The van der Waals surface area contributed by atoms with Crippen molar-refractivity contribution < 1.29 is 19.0 Å². The van der Waals surface area contributed by atoms with E-state index in [-0.39, 0.29) is 0 Å². The molecule has 0 aromatic heterocycles. The molecule has 1 aromatic carbocycles. The zero-order valence-corrected chi connectivity index (χ0v) is 10.6. The standard InChI is InChI=1S/C14H18O4/c1-16-13-3-2-12(9-15)8-14(13)18-10-11-4-6-17-7-5-11/h2-3,8-9,11H,4-7,10H2,1H3. The molecule has 4 nitrogen and oxygen atoms in total. The highest BCUT2D eigenvalue weighted by atomic mass is 16.5. The summed E-state index contributed by atoms with van der Waals surface area (Å²) in [5.41, 5.74) is 0.595.